The molecule has 2 fully saturated rings. The lowest BCUT2D eigenvalue weighted by Crippen LogP contribution is -2.63. The van der Waals surface area contributed by atoms with Crippen molar-refractivity contribution in [2.24, 2.45) is 11.3 Å². The second-order valence-corrected chi connectivity index (χ2v) is 13.1. The molecule has 1 saturated heterocycles. The number of hydrogen-bond acceptors (Lipinski definition) is 4. The third-order valence-corrected chi connectivity index (χ3v) is 6.95. The zero-order chi connectivity index (χ0) is 25.9. The number of alkyl carbamates (subject to hydrolysis) is 1. The predicted octanol–water partition coefficient (Wildman–Crippen LogP) is 5.53. The molecule has 1 radical (unpaired) electrons. The van der Waals surface area contributed by atoms with Gasteiger partial charge in [0.15, 0.2) is 0 Å². The maximum atomic E-state index is 13.6. The molecule has 1 atom stereocenters. The van der Waals surface area contributed by atoms with Gasteiger partial charge >= 0.3 is 6.09 Å². The van der Waals surface area contributed by atoms with E-state index in [1.807, 2.05) is 60.6 Å². The quantitative estimate of drug-likeness (QED) is 0.471. The molecule has 34 heavy (non-hydrogen) atoms. The van der Waals surface area contributed by atoms with Gasteiger partial charge < -0.3 is 15.4 Å². The number of carbonyl (C=O) groups excluding carboxylic acids is 2. The lowest BCUT2D eigenvalue weighted by Gasteiger charge is -2.50. The minimum Gasteiger partial charge on any atom is -0.444 e. The molecule has 1 saturated carbocycles. The van der Waals surface area contributed by atoms with Gasteiger partial charge in [-0.15, -0.1) is 10.3 Å². The van der Waals surface area contributed by atoms with E-state index < -0.39 is 28.2 Å². The monoisotopic (exact) mass is 478 g/mol. The van der Waals surface area contributed by atoms with Gasteiger partial charge in [0, 0.05) is 17.1 Å². The Hall–Kier alpha value is -1.60. The number of hydrogen-bond donors (Lipinski definition) is 2. The average molecular weight is 479 g/mol. The third kappa shape index (κ3) is 7.70. The first-order chi connectivity index (χ1) is 15.5. The maximum absolute atomic E-state index is 13.6. The van der Waals surface area contributed by atoms with E-state index in [-0.39, 0.29) is 18.0 Å². The Kier molecular flexibility index (Phi) is 8.90. The normalized spacial score (nSPS) is 23.7. The van der Waals surface area contributed by atoms with Crippen molar-refractivity contribution >= 4 is 12.0 Å². The Morgan fingerprint density at radius 2 is 1.59 bits per heavy atom. The van der Waals surface area contributed by atoms with Crippen molar-refractivity contribution in [3.63, 3.8) is 0 Å². The van der Waals surface area contributed by atoms with Crippen LogP contribution < -0.4 is 10.6 Å². The van der Waals surface area contributed by atoms with Gasteiger partial charge in [-0.25, -0.2) is 4.79 Å². The number of ether oxygens (including phenoxy) is 1. The Morgan fingerprint density at radius 1 is 1.06 bits per heavy atom. The molecular weight excluding hydrogens is 430 g/mol. The summed E-state index contributed by atoms with van der Waals surface area (Å²) in [5.74, 6) is 0.414. The number of nitrogens with one attached hydrogen (secondary N) is 2. The smallest absolute Gasteiger partial charge is 0.408 e. The number of amides is 2. The summed E-state index contributed by atoms with van der Waals surface area (Å²) >= 11 is 0. The van der Waals surface area contributed by atoms with E-state index in [0.29, 0.717) is 18.8 Å². The molecule has 2 N–H and O–H groups in total. The number of nitrogens with zero attached hydrogens (tertiary/aromatic N) is 1. The van der Waals surface area contributed by atoms with Crippen LogP contribution in [-0.4, -0.2) is 45.8 Å². The van der Waals surface area contributed by atoms with Crippen LogP contribution in [0.4, 0.5) is 4.79 Å². The van der Waals surface area contributed by atoms with Gasteiger partial charge in [-0.05, 0) is 86.5 Å². The second-order valence-electron chi connectivity index (χ2n) is 13.1. The van der Waals surface area contributed by atoms with E-state index in [1.54, 1.807) is 0 Å². The van der Waals surface area contributed by atoms with Crippen molar-refractivity contribution in [1.82, 2.24) is 15.7 Å². The van der Waals surface area contributed by atoms with Crippen LogP contribution in [0.5, 0.6) is 0 Å². The molecule has 2 rings (SSSR count). The fourth-order valence-electron chi connectivity index (χ4n) is 5.62. The lowest BCUT2D eigenvalue weighted by atomic mass is 9.77. The molecule has 1 aliphatic carbocycles. The lowest BCUT2D eigenvalue weighted by molar-refractivity contribution is -0.290. The summed E-state index contributed by atoms with van der Waals surface area (Å²) in [6, 6.07) is -0.249. The van der Waals surface area contributed by atoms with Crippen LogP contribution in [0, 0.1) is 11.3 Å². The van der Waals surface area contributed by atoms with Crippen LogP contribution in [0.1, 0.15) is 107 Å². The van der Waals surface area contributed by atoms with Crippen LogP contribution in [0.3, 0.4) is 0 Å². The zero-order valence-corrected chi connectivity index (χ0v) is 22.9. The number of carbonyl (C=O) groups is 2. The first kappa shape index (κ1) is 28.6. The molecule has 0 aromatic rings. The van der Waals surface area contributed by atoms with Gasteiger partial charge in [-0.3, -0.25) is 4.79 Å². The molecule has 0 unspecified atom stereocenters. The Balaban J connectivity index is 2.17. The fourth-order valence-corrected chi connectivity index (χ4v) is 5.62. The molecule has 7 heteroatoms. The van der Waals surface area contributed by atoms with Crippen molar-refractivity contribution in [2.75, 3.05) is 0 Å². The molecule has 2 amide bonds. The molecule has 2 aliphatic rings. The minimum absolute atomic E-state index is 0.0396. The van der Waals surface area contributed by atoms with Crippen molar-refractivity contribution in [2.45, 2.75) is 136 Å². The third-order valence-electron chi connectivity index (χ3n) is 6.95. The van der Waals surface area contributed by atoms with Gasteiger partial charge in [0.1, 0.15) is 5.60 Å². The molecule has 0 spiro atoms. The van der Waals surface area contributed by atoms with Crippen molar-refractivity contribution in [3.8, 4) is 0 Å². The Morgan fingerprint density at radius 3 is 2.06 bits per heavy atom. The van der Waals surface area contributed by atoms with Gasteiger partial charge in [-0.1, -0.05) is 38.8 Å². The molecule has 0 bridgehead atoms. The van der Waals surface area contributed by atoms with E-state index in [1.165, 1.54) is 5.06 Å². The summed E-state index contributed by atoms with van der Waals surface area (Å²) < 4.78 is 5.45. The molecular formula is C27H48N3O4. The Bertz CT molecular complexity index is 727. The molecule has 1 heterocycles. The van der Waals surface area contributed by atoms with Crippen molar-refractivity contribution < 1.29 is 19.5 Å². The Labute approximate surface area is 207 Å². The number of piperidine rings is 1. The van der Waals surface area contributed by atoms with Gasteiger partial charge in [0.2, 0.25) is 5.91 Å². The van der Waals surface area contributed by atoms with Crippen LogP contribution in [0.15, 0.2) is 12.2 Å². The topological polar surface area (TPSA) is 90.6 Å². The van der Waals surface area contributed by atoms with Gasteiger partial charge in [-0.2, -0.15) is 0 Å². The minimum atomic E-state index is -0.576. The van der Waals surface area contributed by atoms with E-state index >= 15 is 0 Å². The summed E-state index contributed by atoms with van der Waals surface area (Å²) in [5.41, 5.74) is -2.20. The highest BCUT2D eigenvalue weighted by molar-refractivity contribution is 5.85. The number of rotatable bonds is 7. The highest BCUT2D eigenvalue weighted by Crippen LogP contribution is 2.42. The van der Waals surface area contributed by atoms with Crippen LogP contribution in [-0.2, 0) is 14.7 Å². The zero-order valence-electron chi connectivity index (χ0n) is 22.9. The van der Waals surface area contributed by atoms with Crippen molar-refractivity contribution in [1.29, 1.82) is 0 Å². The predicted molar refractivity (Wildman–Crippen MR) is 135 cm³/mol. The number of hydroxylamine groups is 2. The van der Waals surface area contributed by atoms with Crippen LogP contribution in [0.25, 0.3) is 0 Å². The highest BCUT2D eigenvalue weighted by Gasteiger charge is 2.48. The molecule has 195 valence electrons. The summed E-state index contributed by atoms with van der Waals surface area (Å²) in [6.45, 7) is 17.6. The van der Waals surface area contributed by atoms with Crippen LogP contribution >= 0.6 is 0 Å². The molecule has 0 aromatic carbocycles. The molecule has 0 aromatic heterocycles. The summed E-state index contributed by atoms with van der Waals surface area (Å²) in [4.78, 5) is 26.0. The summed E-state index contributed by atoms with van der Waals surface area (Å²) in [7, 11) is 0. The van der Waals surface area contributed by atoms with E-state index in [0.717, 1.165) is 32.1 Å². The largest absolute Gasteiger partial charge is 0.444 e. The van der Waals surface area contributed by atoms with Gasteiger partial charge in [0.25, 0.3) is 0 Å². The summed E-state index contributed by atoms with van der Waals surface area (Å²) in [5, 5.41) is 20.2. The average Bonchev–Trinajstić information content (AvgIpc) is 3.12. The van der Waals surface area contributed by atoms with E-state index in [2.05, 4.69) is 24.5 Å². The maximum Gasteiger partial charge on any atom is 0.408 e. The van der Waals surface area contributed by atoms with Gasteiger partial charge in [0.05, 0.1) is 11.5 Å². The first-order valence-electron chi connectivity index (χ1n) is 12.9. The summed E-state index contributed by atoms with van der Waals surface area (Å²) in [6.07, 6.45) is 9.18. The van der Waals surface area contributed by atoms with Crippen molar-refractivity contribution in [3.05, 3.63) is 12.2 Å². The van der Waals surface area contributed by atoms with Crippen LogP contribution in [0.2, 0.25) is 0 Å². The van der Waals surface area contributed by atoms with E-state index in [4.69, 9.17) is 4.74 Å². The first-order valence-corrected chi connectivity index (χ1v) is 12.9. The van der Waals surface area contributed by atoms with E-state index in [9.17, 15) is 14.8 Å². The molecule has 1 aliphatic heterocycles. The fraction of sp³-hybridized carbons (Fsp3) is 0.852. The molecule has 7 nitrogen and oxygen atoms in total. The SMILES string of the molecule is CC(C)C[C@@H](/C=C/C1(C(=O)NC2CC(C)(C)N([O])C(C)(C)C2)CCCC1)NC(=O)OC(C)(C)C. The second kappa shape index (κ2) is 10.6. The standard InChI is InChI=1S/C27H48N3O4/c1-19(2)16-20(29-23(32)34-24(3,4)5)12-15-27(13-10-11-14-27)22(31)28-21-17-25(6,7)30(33)26(8,9)18-21/h12,15,19-21H,10-11,13-14,16-18H2,1-9H3,(H,28,31)(H,29,32)/b15-12+/t20-/m1/s1. The highest BCUT2D eigenvalue weighted by atomic mass is 16.6.